The van der Waals surface area contributed by atoms with Gasteiger partial charge in [0, 0.05) is 19.0 Å². The molecule has 1 aromatic rings. The summed E-state index contributed by atoms with van der Waals surface area (Å²) in [5.74, 6) is 0. The van der Waals surface area contributed by atoms with Gasteiger partial charge in [-0.05, 0) is 30.0 Å². The second-order valence-corrected chi connectivity index (χ2v) is 4.16. The van der Waals surface area contributed by atoms with Gasteiger partial charge in [0.05, 0.1) is 5.56 Å². The fraction of sp³-hybridized carbons (Fsp3) is 0.250. The first kappa shape index (κ1) is 13.7. The maximum Gasteiger partial charge on any atom is 0.416 e. The molecule has 0 aromatic heterocycles. The number of hydrogen-bond donors (Lipinski definition) is 0. The second-order valence-electron chi connectivity index (χ2n) is 3.72. The van der Waals surface area contributed by atoms with Crippen LogP contribution >= 0.6 is 12.2 Å². The molecule has 17 heavy (non-hydrogen) atoms. The molecule has 0 aliphatic heterocycles. The number of alkyl halides is 3. The number of halogens is 3. The molecule has 5 heteroatoms. The Balaban J connectivity index is 2.96. The van der Waals surface area contributed by atoms with Crippen molar-refractivity contribution in [2.75, 3.05) is 14.1 Å². The molecule has 0 saturated heterocycles. The molecule has 0 heterocycles. The van der Waals surface area contributed by atoms with E-state index in [4.69, 9.17) is 12.2 Å². The molecule has 0 N–H and O–H groups in total. The number of thiocarbonyl (C=S) groups is 1. The minimum absolute atomic E-state index is 0.379. The van der Waals surface area contributed by atoms with E-state index in [2.05, 4.69) is 0 Å². The highest BCUT2D eigenvalue weighted by Crippen LogP contribution is 2.29. The van der Waals surface area contributed by atoms with Gasteiger partial charge in [-0.25, -0.2) is 0 Å². The number of allylic oxidation sites excluding steroid dienone is 1. The molecule has 0 radical (unpaired) electrons. The van der Waals surface area contributed by atoms with Crippen molar-refractivity contribution in [2.24, 2.45) is 0 Å². The minimum Gasteiger partial charge on any atom is -0.383 e. The number of rotatable bonds is 3. The van der Waals surface area contributed by atoms with Crippen molar-refractivity contribution in [1.82, 2.24) is 4.90 Å². The van der Waals surface area contributed by atoms with Gasteiger partial charge in [-0.2, -0.15) is 13.2 Å². The zero-order valence-corrected chi connectivity index (χ0v) is 10.3. The molecule has 0 amide bonds. The second kappa shape index (κ2) is 5.31. The summed E-state index contributed by atoms with van der Waals surface area (Å²) in [5.41, 5.74) is -0.288. The predicted molar refractivity (Wildman–Crippen MR) is 66.0 cm³/mol. The van der Waals surface area contributed by atoms with Gasteiger partial charge in [-0.3, -0.25) is 0 Å². The summed E-state index contributed by atoms with van der Waals surface area (Å²) in [6.45, 7) is 0. The molecular weight excluding hydrogens is 247 g/mol. The number of nitrogens with zero attached hydrogens (tertiary/aromatic N) is 1. The van der Waals surface area contributed by atoms with E-state index < -0.39 is 11.7 Å². The lowest BCUT2D eigenvalue weighted by Crippen LogP contribution is -2.07. The Morgan fingerprint density at radius 3 is 2.47 bits per heavy atom. The smallest absolute Gasteiger partial charge is 0.383 e. The molecule has 92 valence electrons. The van der Waals surface area contributed by atoms with Gasteiger partial charge in [0.15, 0.2) is 0 Å². The summed E-state index contributed by atoms with van der Waals surface area (Å²) in [6, 6.07) is 5.01. The zero-order chi connectivity index (χ0) is 13.1. The molecular formula is C12H12F3NS. The molecule has 0 saturated carbocycles. The van der Waals surface area contributed by atoms with E-state index in [0.29, 0.717) is 10.4 Å². The Morgan fingerprint density at radius 2 is 1.94 bits per heavy atom. The summed E-state index contributed by atoms with van der Waals surface area (Å²) in [7, 11) is 3.62. The van der Waals surface area contributed by atoms with Crippen molar-refractivity contribution < 1.29 is 13.2 Å². The van der Waals surface area contributed by atoms with E-state index in [0.717, 1.165) is 12.1 Å². The van der Waals surface area contributed by atoms with Gasteiger partial charge in [0.2, 0.25) is 0 Å². The Labute approximate surface area is 104 Å². The summed E-state index contributed by atoms with van der Waals surface area (Å²) >= 11 is 5.04. The van der Waals surface area contributed by atoms with E-state index >= 15 is 0 Å². The quantitative estimate of drug-likeness (QED) is 0.464. The summed E-state index contributed by atoms with van der Waals surface area (Å²) in [6.07, 6.45) is -1.04. The van der Waals surface area contributed by atoms with E-state index in [1.165, 1.54) is 6.07 Å². The Hall–Kier alpha value is -1.36. The number of benzene rings is 1. The summed E-state index contributed by atoms with van der Waals surface area (Å²) in [5, 5.41) is 0. The average molecular weight is 259 g/mol. The average Bonchev–Trinajstić information content (AvgIpc) is 2.25. The maximum atomic E-state index is 12.5. The SMILES string of the molecule is CN(C)/C=C/C(=S)c1cccc(C(F)(F)F)c1. The molecule has 0 bridgehead atoms. The van der Waals surface area contributed by atoms with Gasteiger partial charge in [0.1, 0.15) is 0 Å². The summed E-state index contributed by atoms with van der Waals surface area (Å²) < 4.78 is 37.4. The predicted octanol–water partition coefficient (Wildman–Crippen LogP) is 3.50. The van der Waals surface area contributed by atoms with Gasteiger partial charge in [-0.15, -0.1) is 0 Å². The van der Waals surface area contributed by atoms with Crippen LogP contribution in [0, 0.1) is 0 Å². The lowest BCUT2D eigenvalue weighted by atomic mass is 10.1. The number of hydrogen-bond acceptors (Lipinski definition) is 2. The molecule has 1 rings (SSSR count). The Morgan fingerprint density at radius 1 is 1.29 bits per heavy atom. The van der Waals surface area contributed by atoms with Crippen molar-refractivity contribution >= 4 is 17.1 Å². The highest BCUT2D eigenvalue weighted by atomic mass is 32.1. The first-order valence-corrected chi connectivity index (χ1v) is 5.28. The monoisotopic (exact) mass is 259 g/mol. The first-order chi connectivity index (χ1) is 7.80. The largest absolute Gasteiger partial charge is 0.416 e. The Kier molecular flexibility index (Phi) is 4.28. The highest BCUT2D eigenvalue weighted by molar-refractivity contribution is 7.81. The fourth-order valence-electron chi connectivity index (χ4n) is 1.16. The van der Waals surface area contributed by atoms with Crippen LogP contribution in [0.4, 0.5) is 13.2 Å². The van der Waals surface area contributed by atoms with E-state index in [9.17, 15) is 13.2 Å². The molecule has 0 atom stereocenters. The van der Waals surface area contributed by atoms with Gasteiger partial charge in [0.25, 0.3) is 0 Å². The van der Waals surface area contributed by atoms with Crippen LogP contribution in [0.25, 0.3) is 0 Å². The normalized spacial score (nSPS) is 11.8. The maximum absolute atomic E-state index is 12.5. The van der Waals surface area contributed by atoms with Crippen molar-refractivity contribution in [3.63, 3.8) is 0 Å². The zero-order valence-electron chi connectivity index (χ0n) is 9.45. The molecule has 0 aliphatic carbocycles. The highest BCUT2D eigenvalue weighted by Gasteiger charge is 2.30. The van der Waals surface area contributed by atoms with Crippen molar-refractivity contribution in [1.29, 1.82) is 0 Å². The van der Waals surface area contributed by atoms with Gasteiger partial charge < -0.3 is 4.90 Å². The molecule has 1 aromatic carbocycles. The van der Waals surface area contributed by atoms with E-state index in [1.807, 2.05) is 14.1 Å². The molecule has 0 unspecified atom stereocenters. The third-order valence-corrected chi connectivity index (χ3v) is 2.37. The van der Waals surface area contributed by atoms with Crippen molar-refractivity contribution in [2.45, 2.75) is 6.18 Å². The van der Waals surface area contributed by atoms with Crippen LogP contribution in [-0.2, 0) is 6.18 Å². The van der Waals surface area contributed by atoms with Crippen LogP contribution in [-0.4, -0.2) is 23.9 Å². The van der Waals surface area contributed by atoms with Crippen molar-refractivity contribution in [3.8, 4) is 0 Å². The summed E-state index contributed by atoms with van der Waals surface area (Å²) in [4.78, 5) is 2.14. The van der Waals surface area contributed by atoms with Gasteiger partial charge >= 0.3 is 6.18 Å². The molecule has 0 fully saturated rings. The van der Waals surface area contributed by atoms with Crippen LogP contribution in [0.5, 0.6) is 0 Å². The fourth-order valence-corrected chi connectivity index (χ4v) is 1.35. The van der Waals surface area contributed by atoms with E-state index in [-0.39, 0.29) is 0 Å². The third kappa shape index (κ3) is 4.19. The van der Waals surface area contributed by atoms with Crippen LogP contribution in [0.15, 0.2) is 36.5 Å². The van der Waals surface area contributed by atoms with Crippen LogP contribution < -0.4 is 0 Å². The first-order valence-electron chi connectivity index (χ1n) is 4.87. The third-order valence-electron chi connectivity index (χ3n) is 2.00. The minimum atomic E-state index is -4.34. The molecule has 0 aliphatic rings. The van der Waals surface area contributed by atoms with Crippen molar-refractivity contribution in [3.05, 3.63) is 47.7 Å². The lowest BCUT2D eigenvalue weighted by molar-refractivity contribution is -0.137. The Bertz CT molecular complexity index is 436. The van der Waals surface area contributed by atoms with Crippen LogP contribution in [0.3, 0.4) is 0 Å². The van der Waals surface area contributed by atoms with Crippen LogP contribution in [0.2, 0.25) is 0 Å². The van der Waals surface area contributed by atoms with Gasteiger partial charge in [-0.1, -0.05) is 24.4 Å². The topological polar surface area (TPSA) is 3.24 Å². The lowest BCUT2D eigenvalue weighted by Gasteiger charge is -2.08. The molecule has 0 spiro atoms. The van der Waals surface area contributed by atoms with E-state index in [1.54, 1.807) is 23.2 Å². The van der Waals surface area contributed by atoms with Crippen LogP contribution in [0.1, 0.15) is 11.1 Å². The standard InChI is InChI=1S/C12H12F3NS/c1-16(2)7-6-11(17)9-4-3-5-10(8-9)12(13,14)15/h3-8H,1-2H3/b7-6+. The molecule has 1 nitrogen and oxygen atoms in total.